The highest BCUT2D eigenvalue weighted by Crippen LogP contribution is 2.31. The number of carbonyl (C=O) groups excluding carboxylic acids is 1. The lowest BCUT2D eigenvalue weighted by Crippen LogP contribution is -2.28. The summed E-state index contributed by atoms with van der Waals surface area (Å²) in [5.41, 5.74) is -5.89. The Hall–Kier alpha value is -2.42. The molecular weight excluding hydrogens is 542 g/mol. The average Bonchev–Trinajstić information content (AvgIpc) is 2.60. The van der Waals surface area contributed by atoms with E-state index in [0.717, 1.165) is 0 Å². The number of carbonyl (C=O) groups is 1. The van der Waals surface area contributed by atoms with Gasteiger partial charge in [0.25, 0.3) is 0 Å². The van der Waals surface area contributed by atoms with Crippen LogP contribution in [0.15, 0.2) is 36.4 Å². The largest absolute Gasteiger partial charge is 0.534 e. The molecule has 1 aromatic heterocycles. The number of halogens is 4. The number of para-hydroxylation sites is 1. The summed E-state index contributed by atoms with van der Waals surface area (Å²) in [5, 5.41) is 10.7. The van der Waals surface area contributed by atoms with Gasteiger partial charge >= 0.3 is 21.6 Å². The van der Waals surface area contributed by atoms with E-state index in [1.165, 1.54) is 13.8 Å². The summed E-state index contributed by atoms with van der Waals surface area (Å²) in [5.74, 6) is -2.24. The highest BCUT2D eigenvalue weighted by Gasteiger charge is 2.49. The van der Waals surface area contributed by atoms with Crippen molar-refractivity contribution in [3.63, 3.8) is 0 Å². The van der Waals surface area contributed by atoms with Crippen LogP contribution >= 0.6 is 24.0 Å². The molecule has 0 unspecified atom stereocenters. The Morgan fingerprint density at radius 3 is 2.33 bits per heavy atom. The zero-order valence-electron chi connectivity index (χ0n) is 15.6. The van der Waals surface area contributed by atoms with Gasteiger partial charge in [0.15, 0.2) is 0 Å². The molecule has 0 spiro atoms. The molecule has 0 saturated carbocycles. The van der Waals surface area contributed by atoms with Gasteiger partial charge in [-0.15, -0.1) is 24.0 Å². The van der Waals surface area contributed by atoms with Crippen LogP contribution in [0.25, 0.3) is 0 Å². The van der Waals surface area contributed by atoms with Crippen molar-refractivity contribution in [1.29, 1.82) is 5.41 Å². The first-order valence-electron chi connectivity index (χ1n) is 8.06. The van der Waals surface area contributed by atoms with Crippen LogP contribution in [0.1, 0.15) is 29.8 Å². The molecule has 0 atom stereocenters. The van der Waals surface area contributed by atoms with Gasteiger partial charge in [-0.2, -0.15) is 26.6 Å². The van der Waals surface area contributed by atoms with Gasteiger partial charge in [0.2, 0.25) is 5.88 Å². The number of rotatable bonds is 7. The zero-order chi connectivity index (χ0) is 21.8. The van der Waals surface area contributed by atoms with E-state index in [0.29, 0.717) is 11.8 Å². The predicted octanol–water partition coefficient (Wildman–Crippen LogP) is 4.24. The van der Waals surface area contributed by atoms with Gasteiger partial charge < -0.3 is 19.6 Å². The third kappa shape index (κ3) is 6.04. The highest BCUT2D eigenvalue weighted by molar-refractivity contribution is 14.0. The molecule has 2 N–H and O–H groups in total. The molecule has 1 aromatic carbocycles. The summed E-state index contributed by atoms with van der Waals surface area (Å²) in [6, 6.07) is 8.88. The van der Waals surface area contributed by atoms with Crippen molar-refractivity contribution in [2.45, 2.75) is 19.4 Å². The maximum Gasteiger partial charge on any atom is 0.534 e. The van der Waals surface area contributed by atoms with Crippen LogP contribution in [0.4, 0.5) is 24.7 Å². The van der Waals surface area contributed by atoms with Crippen LogP contribution in [0.2, 0.25) is 0 Å². The van der Waals surface area contributed by atoms with E-state index >= 15 is 0 Å². The van der Waals surface area contributed by atoms with E-state index < -0.39 is 27.5 Å². The first kappa shape index (κ1) is 25.6. The number of pyridine rings is 1. The summed E-state index contributed by atoms with van der Waals surface area (Å²) < 4.78 is 69.6. The van der Waals surface area contributed by atoms with E-state index in [4.69, 9.17) is 10.1 Å². The Bertz CT molecular complexity index is 1030. The van der Waals surface area contributed by atoms with Crippen LogP contribution < -0.4 is 9.50 Å². The van der Waals surface area contributed by atoms with Crippen molar-refractivity contribution in [3.05, 3.63) is 47.5 Å². The van der Waals surface area contributed by atoms with Crippen molar-refractivity contribution < 1.29 is 35.3 Å². The van der Waals surface area contributed by atoms with Crippen LogP contribution in [0.5, 0.6) is 5.88 Å². The lowest BCUT2D eigenvalue weighted by atomic mass is 10.0. The smallest absolute Gasteiger partial charge is 0.462 e. The number of hydrogen-bond donors (Lipinski definition) is 2. The third-order valence-corrected chi connectivity index (χ3v) is 4.34. The average molecular weight is 559 g/mol. The van der Waals surface area contributed by atoms with E-state index in [1.54, 1.807) is 30.3 Å². The van der Waals surface area contributed by atoms with Gasteiger partial charge in [0, 0.05) is 17.5 Å². The topological polar surface area (TPSA) is 118 Å². The predicted molar refractivity (Wildman–Crippen MR) is 113 cm³/mol. The van der Waals surface area contributed by atoms with Gasteiger partial charge in [-0.3, -0.25) is 0 Å². The van der Waals surface area contributed by atoms with Gasteiger partial charge in [0.05, 0.1) is 17.7 Å². The second kappa shape index (κ2) is 10.1. The SMILES string of the molecule is CCOC(=O)c1cc(OS(=O)(=O)C(F)(F)F)nc(Nc2ccccc2)c1C(C)=N.I. The number of aromatic nitrogens is 1. The number of nitrogens with zero attached hydrogens (tertiary/aromatic N) is 1. The fourth-order valence-corrected chi connectivity index (χ4v) is 2.63. The molecule has 0 amide bonds. The summed E-state index contributed by atoms with van der Waals surface area (Å²) in [4.78, 5) is 16.0. The molecule has 0 fully saturated rings. The molecule has 30 heavy (non-hydrogen) atoms. The standard InChI is InChI=1S/C17H16F3N3O5S.HI/c1-3-27-16(24)12-9-13(28-29(25,26)17(18,19)20)23-15(14(12)10(2)21)22-11-7-5-4-6-8-11;/h4-9,21H,3H2,1-2H3,(H,22,23);1H. The number of nitrogens with one attached hydrogen (secondary N) is 2. The van der Waals surface area contributed by atoms with Crippen molar-refractivity contribution >= 4 is 57.3 Å². The van der Waals surface area contributed by atoms with Gasteiger partial charge in [0.1, 0.15) is 5.82 Å². The summed E-state index contributed by atoms with van der Waals surface area (Å²) in [6.45, 7) is 2.77. The van der Waals surface area contributed by atoms with E-state index in [9.17, 15) is 26.4 Å². The van der Waals surface area contributed by atoms with E-state index in [-0.39, 0.29) is 53.2 Å². The summed E-state index contributed by atoms with van der Waals surface area (Å²) in [7, 11) is -6.02. The summed E-state index contributed by atoms with van der Waals surface area (Å²) in [6.07, 6.45) is 0. The second-order valence-electron chi connectivity index (χ2n) is 5.55. The molecule has 0 aliphatic carbocycles. The fourth-order valence-electron chi connectivity index (χ4n) is 2.22. The fraction of sp³-hybridized carbons (Fsp3) is 0.235. The molecule has 0 bridgehead atoms. The minimum Gasteiger partial charge on any atom is -0.462 e. The van der Waals surface area contributed by atoms with Crippen LogP contribution in [-0.2, 0) is 14.9 Å². The lowest BCUT2D eigenvalue weighted by Gasteiger charge is -2.16. The van der Waals surface area contributed by atoms with Crippen LogP contribution in [0, 0.1) is 5.41 Å². The highest BCUT2D eigenvalue weighted by atomic mass is 127. The number of benzene rings is 1. The molecule has 8 nitrogen and oxygen atoms in total. The molecule has 2 rings (SSSR count). The minimum atomic E-state index is -6.02. The molecule has 164 valence electrons. The lowest BCUT2D eigenvalue weighted by molar-refractivity contribution is -0.0501. The molecule has 0 aliphatic rings. The number of alkyl halides is 3. The number of esters is 1. The van der Waals surface area contributed by atoms with E-state index in [2.05, 4.69) is 14.5 Å². The third-order valence-electron chi connectivity index (χ3n) is 3.38. The zero-order valence-corrected chi connectivity index (χ0v) is 18.8. The maximum atomic E-state index is 12.7. The monoisotopic (exact) mass is 559 g/mol. The Morgan fingerprint density at radius 2 is 1.83 bits per heavy atom. The Balaban J connectivity index is 0.00000450. The number of ether oxygens (including phenoxy) is 1. The van der Waals surface area contributed by atoms with E-state index in [1.807, 2.05) is 0 Å². The molecule has 2 aromatic rings. The molecule has 0 aliphatic heterocycles. The van der Waals surface area contributed by atoms with Crippen LogP contribution in [-0.4, -0.2) is 37.2 Å². The number of hydrogen-bond acceptors (Lipinski definition) is 8. The minimum absolute atomic E-state index is 0. The first-order chi connectivity index (χ1) is 13.5. The Kier molecular flexibility index (Phi) is 8.59. The van der Waals surface area contributed by atoms with Gasteiger partial charge in [-0.25, -0.2) is 4.79 Å². The molecule has 0 radical (unpaired) electrons. The molecular formula is C17H17F3IN3O5S. The second-order valence-corrected chi connectivity index (χ2v) is 7.09. The van der Waals surface area contributed by atoms with Crippen LogP contribution in [0.3, 0.4) is 0 Å². The maximum absolute atomic E-state index is 12.7. The van der Waals surface area contributed by atoms with Gasteiger partial charge in [-0.1, -0.05) is 18.2 Å². The van der Waals surface area contributed by atoms with Crippen molar-refractivity contribution in [1.82, 2.24) is 4.98 Å². The first-order valence-corrected chi connectivity index (χ1v) is 9.47. The van der Waals surface area contributed by atoms with Crippen molar-refractivity contribution in [3.8, 4) is 5.88 Å². The van der Waals surface area contributed by atoms with Crippen molar-refractivity contribution in [2.24, 2.45) is 0 Å². The molecule has 1 heterocycles. The molecule has 0 saturated heterocycles. The quantitative estimate of drug-likeness (QED) is 0.171. The van der Waals surface area contributed by atoms with Gasteiger partial charge in [-0.05, 0) is 26.0 Å². The van der Waals surface area contributed by atoms with Crippen molar-refractivity contribution in [2.75, 3.05) is 11.9 Å². The number of anilines is 2. The summed E-state index contributed by atoms with van der Waals surface area (Å²) >= 11 is 0. The molecule has 13 heteroatoms. The normalized spacial score (nSPS) is 11.2. The Morgan fingerprint density at radius 1 is 1.23 bits per heavy atom. The Labute approximate surface area is 187 Å².